The van der Waals surface area contributed by atoms with E-state index in [9.17, 15) is 9.59 Å². The number of nitrogens with one attached hydrogen (secondary N) is 1. The highest BCUT2D eigenvalue weighted by Crippen LogP contribution is 2.28. The number of hydrogen-bond acceptors (Lipinski definition) is 2. The third-order valence-corrected chi connectivity index (χ3v) is 6.44. The van der Waals surface area contributed by atoms with E-state index >= 15 is 0 Å². The van der Waals surface area contributed by atoms with E-state index in [0.29, 0.717) is 17.7 Å². The fourth-order valence-electron chi connectivity index (χ4n) is 4.53. The first kappa shape index (κ1) is 21.4. The first-order valence-electron chi connectivity index (χ1n) is 11.3. The Labute approximate surface area is 184 Å². The largest absolute Gasteiger partial charge is 0.331 e. The van der Waals surface area contributed by atoms with Gasteiger partial charge in [-0.1, -0.05) is 57.4 Å². The molecular formula is C27H32N2O2. The van der Waals surface area contributed by atoms with Crippen LogP contribution in [-0.4, -0.2) is 21.8 Å². The molecule has 1 heterocycles. The molecule has 1 N–H and O–H groups in total. The number of aromatic nitrogens is 1. The average Bonchev–Trinajstić information content (AvgIpc) is 3.26. The van der Waals surface area contributed by atoms with Gasteiger partial charge in [0.05, 0.1) is 6.54 Å². The second-order valence-corrected chi connectivity index (χ2v) is 9.91. The van der Waals surface area contributed by atoms with Crippen molar-refractivity contribution < 1.29 is 4.79 Å². The zero-order valence-corrected chi connectivity index (χ0v) is 19.0. The summed E-state index contributed by atoms with van der Waals surface area (Å²) in [6, 6.07) is 16.1. The summed E-state index contributed by atoms with van der Waals surface area (Å²) in [5, 5.41) is 1.00. The number of aromatic amines is 1. The van der Waals surface area contributed by atoms with E-state index in [1.165, 1.54) is 5.56 Å². The van der Waals surface area contributed by atoms with E-state index in [1.54, 1.807) is 0 Å². The van der Waals surface area contributed by atoms with E-state index in [4.69, 9.17) is 0 Å². The normalized spacial score (nSPS) is 14.8. The quantitative estimate of drug-likeness (QED) is 0.591. The number of pyridine rings is 1. The van der Waals surface area contributed by atoms with Crippen LogP contribution in [0.25, 0.3) is 10.9 Å². The molecule has 3 aromatic rings. The zero-order valence-electron chi connectivity index (χ0n) is 19.0. The highest BCUT2D eigenvalue weighted by Gasteiger charge is 2.28. The highest BCUT2D eigenvalue weighted by molar-refractivity contribution is 5.94. The molecule has 1 aliphatic carbocycles. The minimum atomic E-state index is -0.116. The molecule has 0 atom stereocenters. The molecule has 1 fully saturated rings. The SMILES string of the molecule is Cc1ccc2[nH]c(=O)c(CN(C(=O)c3ccc(C(C)(C)C)cc3)C3CCCC3)cc2c1. The van der Waals surface area contributed by atoms with Gasteiger partial charge in [-0.05, 0) is 66.5 Å². The molecule has 2 aromatic carbocycles. The van der Waals surface area contributed by atoms with Crippen LogP contribution in [0, 0.1) is 6.92 Å². The predicted molar refractivity (Wildman–Crippen MR) is 127 cm³/mol. The van der Waals surface area contributed by atoms with Gasteiger partial charge in [-0.25, -0.2) is 0 Å². The Morgan fingerprint density at radius 1 is 1.03 bits per heavy atom. The van der Waals surface area contributed by atoms with Gasteiger partial charge in [-0.3, -0.25) is 9.59 Å². The van der Waals surface area contributed by atoms with Crippen molar-refractivity contribution in [1.29, 1.82) is 0 Å². The molecule has 0 unspecified atom stereocenters. The second-order valence-electron chi connectivity index (χ2n) is 9.91. The third kappa shape index (κ3) is 4.58. The lowest BCUT2D eigenvalue weighted by Gasteiger charge is -2.29. The lowest BCUT2D eigenvalue weighted by Crippen LogP contribution is -2.39. The number of H-pyrrole nitrogens is 1. The summed E-state index contributed by atoms with van der Waals surface area (Å²) < 4.78 is 0. The van der Waals surface area contributed by atoms with Crippen molar-refractivity contribution in [1.82, 2.24) is 9.88 Å². The van der Waals surface area contributed by atoms with Crippen molar-refractivity contribution in [2.75, 3.05) is 0 Å². The summed E-state index contributed by atoms with van der Waals surface area (Å²) >= 11 is 0. The van der Waals surface area contributed by atoms with Crippen LogP contribution < -0.4 is 5.56 Å². The van der Waals surface area contributed by atoms with Crippen molar-refractivity contribution in [2.45, 2.75) is 71.4 Å². The van der Waals surface area contributed by atoms with Crippen molar-refractivity contribution in [3.63, 3.8) is 0 Å². The number of amides is 1. The lowest BCUT2D eigenvalue weighted by atomic mass is 9.86. The third-order valence-electron chi connectivity index (χ3n) is 6.44. The number of carbonyl (C=O) groups is 1. The second kappa shape index (κ2) is 8.33. The van der Waals surface area contributed by atoms with Crippen LogP contribution in [0.1, 0.15) is 73.5 Å². The number of rotatable bonds is 4. The number of fused-ring (bicyclic) bond motifs is 1. The fraction of sp³-hybridized carbons (Fsp3) is 0.407. The van der Waals surface area contributed by atoms with Crippen LogP contribution in [0.4, 0.5) is 0 Å². The number of hydrogen-bond donors (Lipinski definition) is 1. The van der Waals surface area contributed by atoms with E-state index in [2.05, 4.69) is 31.8 Å². The standard InChI is InChI=1S/C27H32N2O2/c1-18-9-14-24-20(15-18)16-21(25(30)28-24)17-29(23-7-5-6-8-23)26(31)19-10-12-22(13-11-19)27(2,3)4/h9-16,23H,5-8,17H2,1-4H3,(H,28,30). The fourth-order valence-corrected chi connectivity index (χ4v) is 4.53. The Morgan fingerprint density at radius 3 is 2.35 bits per heavy atom. The Kier molecular flexibility index (Phi) is 5.74. The molecule has 0 radical (unpaired) electrons. The molecule has 0 bridgehead atoms. The van der Waals surface area contributed by atoms with Crippen LogP contribution in [0.3, 0.4) is 0 Å². The van der Waals surface area contributed by atoms with Crippen molar-refractivity contribution in [3.8, 4) is 0 Å². The smallest absolute Gasteiger partial charge is 0.254 e. The van der Waals surface area contributed by atoms with E-state index in [-0.39, 0.29) is 22.9 Å². The van der Waals surface area contributed by atoms with Gasteiger partial charge in [0.15, 0.2) is 0 Å². The minimum Gasteiger partial charge on any atom is -0.331 e. The molecule has 0 saturated heterocycles. The van der Waals surface area contributed by atoms with Gasteiger partial charge >= 0.3 is 0 Å². The van der Waals surface area contributed by atoms with Gasteiger partial charge < -0.3 is 9.88 Å². The van der Waals surface area contributed by atoms with Gasteiger partial charge in [0.2, 0.25) is 0 Å². The summed E-state index contributed by atoms with van der Waals surface area (Å²) in [4.78, 5) is 31.2. The molecule has 4 nitrogen and oxygen atoms in total. The summed E-state index contributed by atoms with van der Waals surface area (Å²) in [7, 11) is 0. The van der Waals surface area contributed by atoms with Crippen LogP contribution in [0.2, 0.25) is 0 Å². The average molecular weight is 417 g/mol. The summed E-state index contributed by atoms with van der Waals surface area (Å²) in [5.74, 6) is 0.0103. The Balaban J connectivity index is 1.67. The van der Waals surface area contributed by atoms with Gasteiger partial charge in [0.25, 0.3) is 11.5 Å². The zero-order chi connectivity index (χ0) is 22.2. The summed E-state index contributed by atoms with van der Waals surface area (Å²) in [6.07, 6.45) is 4.25. The van der Waals surface area contributed by atoms with Gasteiger partial charge in [0, 0.05) is 22.7 Å². The monoisotopic (exact) mass is 416 g/mol. The molecule has 1 aromatic heterocycles. The maximum Gasteiger partial charge on any atom is 0.254 e. The number of aryl methyl sites for hydroxylation is 1. The minimum absolute atomic E-state index is 0.0103. The Hall–Kier alpha value is -2.88. The number of benzene rings is 2. The Bertz CT molecular complexity index is 1150. The van der Waals surface area contributed by atoms with Crippen molar-refractivity contribution in [2.24, 2.45) is 0 Å². The van der Waals surface area contributed by atoms with Crippen LogP contribution >= 0.6 is 0 Å². The van der Waals surface area contributed by atoms with E-state index < -0.39 is 0 Å². The van der Waals surface area contributed by atoms with Crippen molar-refractivity contribution >= 4 is 16.8 Å². The maximum atomic E-state index is 13.5. The number of nitrogens with zero attached hydrogens (tertiary/aromatic N) is 1. The molecule has 162 valence electrons. The topological polar surface area (TPSA) is 53.2 Å². The van der Waals surface area contributed by atoms with Gasteiger partial charge in [0.1, 0.15) is 0 Å². The van der Waals surface area contributed by atoms with E-state index in [0.717, 1.165) is 42.1 Å². The molecule has 1 aliphatic rings. The maximum absolute atomic E-state index is 13.5. The highest BCUT2D eigenvalue weighted by atomic mass is 16.2. The molecule has 31 heavy (non-hydrogen) atoms. The molecule has 1 saturated carbocycles. The number of carbonyl (C=O) groups excluding carboxylic acids is 1. The molecule has 4 rings (SSSR count). The molecule has 1 amide bonds. The van der Waals surface area contributed by atoms with Crippen LogP contribution in [0.15, 0.2) is 53.3 Å². The van der Waals surface area contributed by atoms with Crippen molar-refractivity contribution in [3.05, 3.63) is 81.1 Å². The summed E-state index contributed by atoms with van der Waals surface area (Å²) in [5.41, 5.74) is 4.44. The molecule has 0 spiro atoms. The lowest BCUT2D eigenvalue weighted by molar-refractivity contribution is 0.0663. The van der Waals surface area contributed by atoms with Crippen LogP contribution in [-0.2, 0) is 12.0 Å². The van der Waals surface area contributed by atoms with Crippen LogP contribution in [0.5, 0.6) is 0 Å². The first-order chi connectivity index (χ1) is 14.7. The van der Waals surface area contributed by atoms with Gasteiger partial charge in [-0.2, -0.15) is 0 Å². The predicted octanol–water partition coefficient (Wildman–Crippen LogP) is 5.72. The first-order valence-corrected chi connectivity index (χ1v) is 11.3. The molecule has 0 aliphatic heterocycles. The molecule has 4 heteroatoms. The molecular weight excluding hydrogens is 384 g/mol. The summed E-state index contributed by atoms with van der Waals surface area (Å²) in [6.45, 7) is 8.89. The van der Waals surface area contributed by atoms with E-state index in [1.807, 2.05) is 54.3 Å². The van der Waals surface area contributed by atoms with Gasteiger partial charge in [-0.15, -0.1) is 0 Å². The Morgan fingerprint density at radius 2 is 1.71 bits per heavy atom.